The van der Waals surface area contributed by atoms with Crippen LogP contribution in [0.25, 0.3) is 0 Å². The van der Waals surface area contributed by atoms with E-state index in [1.54, 1.807) is 12.1 Å². The minimum Gasteiger partial charge on any atom is -0.309 e. The highest BCUT2D eigenvalue weighted by Crippen LogP contribution is 2.49. The van der Waals surface area contributed by atoms with Gasteiger partial charge in [0.1, 0.15) is 0 Å². The van der Waals surface area contributed by atoms with Crippen LogP contribution in [0.1, 0.15) is 20.8 Å². The molecule has 0 spiro atoms. The minimum atomic E-state index is -3.17. The van der Waals surface area contributed by atoms with Crippen molar-refractivity contribution in [2.24, 2.45) is 0 Å². The van der Waals surface area contributed by atoms with Crippen LogP contribution in [-0.2, 0) is 13.6 Å². The molecule has 0 amide bonds. The van der Waals surface area contributed by atoms with E-state index in [0.29, 0.717) is 5.30 Å². The Morgan fingerprint density at radius 1 is 1.13 bits per heavy atom. The first-order valence-electron chi connectivity index (χ1n) is 4.79. The lowest BCUT2D eigenvalue weighted by Crippen LogP contribution is -2.22. The number of hydrogen-bond donors (Lipinski definition) is 0. The predicted octanol–water partition coefficient (Wildman–Crippen LogP) is 2.97. The van der Waals surface area contributed by atoms with Crippen LogP contribution in [0.4, 0.5) is 0 Å². The van der Waals surface area contributed by atoms with Crippen LogP contribution >= 0.6 is 7.60 Å². The van der Waals surface area contributed by atoms with E-state index in [4.69, 9.17) is 9.05 Å². The van der Waals surface area contributed by atoms with Gasteiger partial charge in [0.25, 0.3) is 0 Å². The molecule has 15 heavy (non-hydrogen) atoms. The van der Waals surface area contributed by atoms with Gasteiger partial charge < -0.3 is 4.52 Å². The van der Waals surface area contributed by atoms with Gasteiger partial charge in [0, 0.05) is 7.11 Å². The molecule has 0 radical (unpaired) electrons. The van der Waals surface area contributed by atoms with Gasteiger partial charge in [0.2, 0.25) is 0 Å². The third-order valence-electron chi connectivity index (χ3n) is 1.71. The molecule has 1 aromatic rings. The average Bonchev–Trinajstić information content (AvgIpc) is 2.16. The maximum atomic E-state index is 12.4. The van der Waals surface area contributed by atoms with Crippen LogP contribution in [0.15, 0.2) is 30.3 Å². The minimum absolute atomic E-state index is 0.499. The Hall–Kier alpha value is -0.630. The molecule has 0 aliphatic rings. The fraction of sp³-hybridized carbons (Fsp3) is 0.455. The summed E-state index contributed by atoms with van der Waals surface area (Å²) in [6.07, 6.45) is 0. The van der Waals surface area contributed by atoms with E-state index in [-0.39, 0.29) is 0 Å². The molecule has 1 atom stereocenters. The Morgan fingerprint density at radius 3 is 2.07 bits per heavy atom. The van der Waals surface area contributed by atoms with Crippen molar-refractivity contribution >= 4 is 12.9 Å². The molecule has 1 unspecified atom stereocenters. The van der Waals surface area contributed by atoms with E-state index in [9.17, 15) is 4.57 Å². The Kier molecular flexibility index (Phi) is 3.72. The van der Waals surface area contributed by atoms with Gasteiger partial charge in [-0.25, -0.2) is 0 Å². The normalized spacial score (nSPS) is 16.0. The molecule has 0 aliphatic heterocycles. The van der Waals surface area contributed by atoms with Crippen molar-refractivity contribution in [2.75, 3.05) is 7.11 Å². The second kappa shape index (κ2) is 4.48. The van der Waals surface area contributed by atoms with Crippen LogP contribution in [0, 0.1) is 0 Å². The monoisotopic (exact) mass is 228 g/mol. The molecule has 0 aliphatic carbocycles. The Labute approximate surface area is 90.9 Å². The van der Waals surface area contributed by atoms with Crippen molar-refractivity contribution < 1.29 is 13.6 Å². The van der Waals surface area contributed by atoms with E-state index in [2.05, 4.69) is 0 Å². The molecule has 84 valence electrons. The van der Waals surface area contributed by atoms with Crippen molar-refractivity contribution in [3.63, 3.8) is 0 Å². The molecule has 0 N–H and O–H groups in total. The number of rotatable bonds is 3. The van der Waals surface area contributed by atoms with Crippen molar-refractivity contribution in [1.82, 2.24) is 0 Å². The van der Waals surface area contributed by atoms with Crippen LogP contribution < -0.4 is 5.30 Å². The van der Waals surface area contributed by atoms with E-state index in [1.807, 2.05) is 39.0 Å². The first-order valence-corrected chi connectivity index (χ1v) is 6.34. The third kappa shape index (κ3) is 3.45. The van der Waals surface area contributed by atoms with Crippen molar-refractivity contribution in [1.29, 1.82) is 0 Å². The lowest BCUT2D eigenvalue weighted by atomic mass is 10.2. The highest BCUT2D eigenvalue weighted by molar-refractivity contribution is 7.62. The molecule has 0 saturated heterocycles. The van der Waals surface area contributed by atoms with Gasteiger partial charge in [-0.1, -0.05) is 18.2 Å². The molecular formula is C11H17O3P. The van der Waals surface area contributed by atoms with E-state index in [1.165, 1.54) is 7.11 Å². The zero-order valence-corrected chi connectivity index (χ0v) is 10.5. The smallest absolute Gasteiger partial charge is 0.309 e. The van der Waals surface area contributed by atoms with Gasteiger partial charge in [0.15, 0.2) is 0 Å². The summed E-state index contributed by atoms with van der Waals surface area (Å²) >= 11 is 0. The fourth-order valence-electron chi connectivity index (χ4n) is 1.17. The molecule has 0 saturated carbocycles. The van der Waals surface area contributed by atoms with E-state index < -0.39 is 13.2 Å². The molecule has 4 heteroatoms. The SMILES string of the molecule is COP(=O)(OC(C)(C)C)c1ccccc1. The summed E-state index contributed by atoms with van der Waals surface area (Å²) < 4.78 is 22.9. The van der Waals surface area contributed by atoms with E-state index >= 15 is 0 Å². The van der Waals surface area contributed by atoms with Crippen molar-refractivity contribution in [3.8, 4) is 0 Å². The molecule has 0 bridgehead atoms. The maximum Gasteiger partial charge on any atom is 0.361 e. The van der Waals surface area contributed by atoms with Crippen molar-refractivity contribution in [3.05, 3.63) is 30.3 Å². The first-order chi connectivity index (χ1) is 6.87. The zero-order valence-electron chi connectivity index (χ0n) is 9.56. The number of hydrogen-bond acceptors (Lipinski definition) is 3. The van der Waals surface area contributed by atoms with Gasteiger partial charge >= 0.3 is 7.60 Å². The topological polar surface area (TPSA) is 35.5 Å². The number of benzene rings is 1. The first kappa shape index (κ1) is 12.4. The Morgan fingerprint density at radius 2 is 1.67 bits per heavy atom. The highest BCUT2D eigenvalue weighted by atomic mass is 31.2. The Bertz CT molecular complexity index is 354. The summed E-state index contributed by atoms with van der Waals surface area (Å²) in [4.78, 5) is 0. The maximum absolute atomic E-state index is 12.4. The molecule has 1 aromatic carbocycles. The van der Waals surface area contributed by atoms with Crippen LogP contribution in [0.3, 0.4) is 0 Å². The summed E-state index contributed by atoms with van der Waals surface area (Å²) in [7, 11) is -1.77. The molecule has 0 fully saturated rings. The van der Waals surface area contributed by atoms with Gasteiger partial charge in [0.05, 0.1) is 10.9 Å². The van der Waals surface area contributed by atoms with Crippen LogP contribution in [-0.4, -0.2) is 12.7 Å². The molecule has 0 aromatic heterocycles. The second-order valence-corrected chi connectivity index (χ2v) is 6.28. The van der Waals surface area contributed by atoms with E-state index in [0.717, 1.165) is 0 Å². The standard InChI is InChI=1S/C11H17O3P/c1-11(2,3)14-15(12,13-4)10-8-6-5-7-9-10/h5-9H,1-4H3. The average molecular weight is 228 g/mol. The van der Waals surface area contributed by atoms with Gasteiger partial charge in [-0.15, -0.1) is 0 Å². The summed E-state index contributed by atoms with van der Waals surface area (Å²) in [6, 6.07) is 8.98. The molecule has 3 nitrogen and oxygen atoms in total. The Balaban J connectivity index is 3.02. The molecule has 0 heterocycles. The molecule has 1 rings (SSSR count). The second-order valence-electron chi connectivity index (χ2n) is 4.22. The van der Waals surface area contributed by atoms with Gasteiger partial charge in [-0.2, -0.15) is 0 Å². The van der Waals surface area contributed by atoms with Crippen LogP contribution in [0.5, 0.6) is 0 Å². The lowest BCUT2D eigenvalue weighted by Gasteiger charge is -2.25. The summed E-state index contributed by atoms with van der Waals surface area (Å²) in [5.41, 5.74) is -0.499. The fourth-order valence-corrected chi connectivity index (χ4v) is 2.82. The van der Waals surface area contributed by atoms with Crippen molar-refractivity contribution in [2.45, 2.75) is 26.4 Å². The summed E-state index contributed by atoms with van der Waals surface area (Å²) in [5, 5.41) is 0.586. The predicted molar refractivity (Wildman–Crippen MR) is 61.5 cm³/mol. The molecular weight excluding hydrogens is 211 g/mol. The van der Waals surface area contributed by atoms with Crippen LogP contribution in [0.2, 0.25) is 0 Å². The zero-order chi connectivity index (χ0) is 11.5. The largest absolute Gasteiger partial charge is 0.361 e. The highest BCUT2D eigenvalue weighted by Gasteiger charge is 2.31. The quantitative estimate of drug-likeness (QED) is 0.746. The summed E-state index contributed by atoms with van der Waals surface area (Å²) in [5.74, 6) is 0. The summed E-state index contributed by atoms with van der Waals surface area (Å²) in [6.45, 7) is 5.55. The third-order valence-corrected chi connectivity index (χ3v) is 3.91. The van der Waals surface area contributed by atoms with Gasteiger partial charge in [-0.05, 0) is 32.9 Å². The lowest BCUT2D eigenvalue weighted by molar-refractivity contribution is 0.108. The van der Waals surface area contributed by atoms with Gasteiger partial charge in [-0.3, -0.25) is 9.09 Å².